The number of hydrogen-bond donors (Lipinski definition) is 1. The average Bonchev–Trinajstić information content (AvgIpc) is 2.55. The maximum absolute atomic E-state index is 11.9. The standard InChI is InChI=1S/C18H27NO5/c1-5-22-15-9-8-14(12-16(15)23-6-2)13(4)19-17(20)10-11-18(21)24-7-3/h8-9,12-13H,5-7,10-11H2,1-4H3,(H,19,20)/t13-/m0/s1. The molecule has 0 spiro atoms. The van der Waals surface area contributed by atoms with Gasteiger partial charge in [-0.15, -0.1) is 0 Å². The summed E-state index contributed by atoms with van der Waals surface area (Å²) in [4.78, 5) is 23.2. The molecule has 1 N–H and O–H groups in total. The van der Waals surface area contributed by atoms with Crippen LogP contribution in [0.15, 0.2) is 18.2 Å². The molecule has 0 aliphatic rings. The van der Waals surface area contributed by atoms with Crippen molar-refractivity contribution in [3.63, 3.8) is 0 Å². The molecule has 6 heteroatoms. The molecule has 24 heavy (non-hydrogen) atoms. The molecule has 6 nitrogen and oxygen atoms in total. The van der Waals surface area contributed by atoms with Crippen molar-refractivity contribution in [3.8, 4) is 11.5 Å². The Kier molecular flexibility index (Phi) is 8.68. The minimum atomic E-state index is -0.361. The number of carbonyl (C=O) groups is 2. The fourth-order valence-electron chi connectivity index (χ4n) is 2.18. The molecule has 0 bridgehead atoms. The van der Waals surface area contributed by atoms with E-state index in [-0.39, 0.29) is 30.8 Å². The van der Waals surface area contributed by atoms with Gasteiger partial charge in [0.05, 0.1) is 32.3 Å². The SMILES string of the molecule is CCOC(=O)CCC(=O)N[C@@H](C)c1ccc(OCC)c(OCC)c1. The van der Waals surface area contributed by atoms with Gasteiger partial charge in [-0.3, -0.25) is 9.59 Å². The molecule has 134 valence electrons. The molecule has 1 atom stereocenters. The number of ether oxygens (including phenoxy) is 3. The van der Waals surface area contributed by atoms with E-state index >= 15 is 0 Å². The zero-order valence-corrected chi connectivity index (χ0v) is 14.9. The van der Waals surface area contributed by atoms with Gasteiger partial charge < -0.3 is 19.5 Å². The summed E-state index contributed by atoms with van der Waals surface area (Å²) in [6.45, 7) is 8.85. The first-order valence-corrected chi connectivity index (χ1v) is 8.36. The Hall–Kier alpha value is -2.24. The largest absolute Gasteiger partial charge is 0.490 e. The first-order valence-electron chi connectivity index (χ1n) is 8.36. The summed E-state index contributed by atoms with van der Waals surface area (Å²) in [7, 11) is 0. The van der Waals surface area contributed by atoms with Crippen molar-refractivity contribution in [1.82, 2.24) is 5.32 Å². The average molecular weight is 337 g/mol. The number of benzene rings is 1. The Morgan fingerprint density at radius 1 is 1.00 bits per heavy atom. The lowest BCUT2D eigenvalue weighted by Crippen LogP contribution is -2.27. The molecule has 0 saturated heterocycles. The van der Waals surface area contributed by atoms with Crippen molar-refractivity contribution >= 4 is 11.9 Å². The predicted molar refractivity (Wildman–Crippen MR) is 91.2 cm³/mol. The molecule has 1 aromatic rings. The van der Waals surface area contributed by atoms with Crippen LogP contribution >= 0.6 is 0 Å². The molecule has 0 saturated carbocycles. The molecular weight excluding hydrogens is 310 g/mol. The fourth-order valence-corrected chi connectivity index (χ4v) is 2.18. The maximum Gasteiger partial charge on any atom is 0.306 e. The Morgan fingerprint density at radius 2 is 1.67 bits per heavy atom. The normalized spacial score (nSPS) is 11.5. The van der Waals surface area contributed by atoms with Crippen LogP contribution in [0.2, 0.25) is 0 Å². The molecule has 0 aliphatic carbocycles. The summed E-state index contributed by atoms with van der Waals surface area (Å²) in [6, 6.07) is 5.40. The highest BCUT2D eigenvalue weighted by molar-refractivity contribution is 5.81. The van der Waals surface area contributed by atoms with Gasteiger partial charge in [0.25, 0.3) is 0 Å². The van der Waals surface area contributed by atoms with Gasteiger partial charge in [-0.2, -0.15) is 0 Å². The summed E-state index contributed by atoms with van der Waals surface area (Å²) in [6.07, 6.45) is 0.193. The first kappa shape index (κ1) is 19.8. The monoisotopic (exact) mass is 337 g/mol. The lowest BCUT2D eigenvalue weighted by atomic mass is 10.1. The van der Waals surface area contributed by atoms with E-state index in [1.807, 2.05) is 39.0 Å². The first-order chi connectivity index (χ1) is 11.5. The third-order valence-corrected chi connectivity index (χ3v) is 3.31. The molecule has 0 fully saturated rings. The van der Waals surface area contributed by atoms with Crippen LogP contribution in [0.1, 0.15) is 52.1 Å². The van der Waals surface area contributed by atoms with Gasteiger partial charge in [0.2, 0.25) is 5.91 Å². The minimum absolute atomic E-state index is 0.0832. The maximum atomic E-state index is 11.9. The minimum Gasteiger partial charge on any atom is -0.490 e. The fraction of sp³-hybridized carbons (Fsp3) is 0.556. The second kappa shape index (κ2) is 10.5. The molecule has 0 aliphatic heterocycles. The lowest BCUT2D eigenvalue weighted by molar-refractivity contribution is -0.144. The van der Waals surface area contributed by atoms with Crippen molar-refractivity contribution < 1.29 is 23.8 Å². The molecule has 0 heterocycles. The van der Waals surface area contributed by atoms with Crippen LogP contribution in [-0.4, -0.2) is 31.7 Å². The van der Waals surface area contributed by atoms with Crippen LogP contribution in [0.4, 0.5) is 0 Å². The van der Waals surface area contributed by atoms with Gasteiger partial charge in [0.1, 0.15) is 0 Å². The number of nitrogens with one attached hydrogen (secondary N) is 1. The highest BCUT2D eigenvalue weighted by Crippen LogP contribution is 2.30. The topological polar surface area (TPSA) is 73.9 Å². The van der Waals surface area contributed by atoms with Crippen molar-refractivity contribution in [1.29, 1.82) is 0 Å². The molecule has 0 radical (unpaired) electrons. The Bertz CT molecular complexity index is 544. The van der Waals surface area contributed by atoms with Crippen molar-refractivity contribution in [2.75, 3.05) is 19.8 Å². The zero-order valence-electron chi connectivity index (χ0n) is 14.9. The summed E-state index contributed by atoms with van der Waals surface area (Å²) in [5, 5.41) is 2.87. The van der Waals surface area contributed by atoms with E-state index in [1.54, 1.807) is 6.92 Å². The van der Waals surface area contributed by atoms with E-state index in [1.165, 1.54) is 0 Å². The highest BCUT2D eigenvalue weighted by Gasteiger charge is 2.14. The third-order valence-electron chi connectivity index (χ3n) is 3.31. The van der Waals surface area contributed by atoms with E-state index in [9.17, 15) is 9.59 Å². The van der Waals surface area contributed by atoms with Gasteiger partial charge in [0.15, 0.2) is 11.5 Å². The molecule has 0 aromatic heterocycles. The molecular formula is C18H27NO5. The summed E-state index contributed by atoms with van der Waals surface area (Å²) < 4.78 is 15.9. The van der Waals surface area contributed by atoms with Crippen LogP contribution < -0.4 is 14.8 Å². The zero-order chi connectivity index (χ0) is 17.9. The van der Waals surface area contributed by atoms with Gasteiger partial charge in [-0.05, 0) is 45.4 Å². The summed E-state index contributed by atoms with van der Waals surface area (Å²) in [5.74, 6) is 0.788. The van der Waals surface area contributed by atoms with Gasteiger partial charge in [-0.25, -0.2) is 0 Å². The molecule has 1 rings (SSSR count). The number of hydrogen-bond acceptors (Lipinski definition) is 5. The van der Waals surface area contributed by atoms with Crippen LogP contribution in [-0.2, 0) is 14.3 Å². The van der Waals surface area contributed by atoms with Gasteiger partial charge in [0, 0.05) is 6.42 Å². The number of carbonyl (C=O) groups excluding carboxylic acids is 2. The Labute approximate surface area is 143 Å². The van der Waals surface area contributed by atoms with Gasteiger partial charge >= 0.3 is 5.97 Å². The third kappa shape index (κ3) is 6.48. The van der Waals surface area contributed by atoms with Crippen molar-refractivity contribution in [3.05, 3.63) is 23.8 Å². The highest BCUT2D eigenvalue weighted by atomic mass is 16.5. The van der Waals surface area contributed by atoms with Gasteiger partial charge in [-0.1, -0.05) is 6.07 Å². The van der Waals surface area contributed by atoms with E-state index in [0.29, 0.717) is 31.3 Å². The van der Waals surface area contributed by atoms with Crippen molar-refractivity contribution in [2.24, 2.45) is 0 Å². The Morgan fingerprint density at radius 3 is 2.29 bits per heavy atom. The number of esters is 1. The van der Waals surface area contributed by atoms with Crippen LogP contribution in [0.5, 0.6) is 11.5 Å². The van der Waals surface area contributed by atoms with E-state index in [0.717, 1.165) is 5.56 Å². The lowest BCUT2D eigenvalue weighted by Gasteiger charge is -2.17. The smallest absolute Gasteiger partial charge is 0.306 e. The number of amides is 1. The van der Waals surface area contributed by atoms with Crippen molar-refractivity contribution in [2.45, 2.75) is 46.6 Å². The molecule has 1 aromatic carbocycles. The summed E-state index contributed by atoms with van der Waals surface area (Å²) >= 11 is 0. The molecule has 1 amide bonds. The Balaban J connectivity index is 2.66. The number of rotatable bonds is 10. The molecule has 0 unspecified atom stereocenters. The van der Waals surface area contributed by atoms with Crippen LogP contribution in [0.3, 0.4) is 0 Å². The quantitative estimate of drug-likeness (QED) is 0.664. The second-order valence-electron chi connectivity index (χ2n) is 5.17. The van der Waals surface area contributed by atoms with Crippen LogP contribution in [0, 0.1) is 0 Å². The van der Waals surface area contributed by atoms with E-state index in [4.69, 9.17) is 14.2 Å². The summed E-state index contributed by atoms with van der Waals surface area (Å²) in [5.41, 5.74) is 0.909. The second-order valence-corrected chi connectivity index (χ2v) is 5.17. The predicted octanol–water partition coefficient (Wildman–Crippen LogP) is 3.00. The van der Waals surface area contributed by atoms with E-state index in [2.05, 4.69) is 5.32 Å². The van der Waals surface area contributed by atoms with E-state index < -0.39 is 0 Å². The van der Waals surface area contributed by atoms with Crippen LogP contribution in [0.25, 0.3) is 0 Å².